The second-order valence-corrected chi connectivity index (χ2v) is 5.64. The Morgan fingerprint density at radius 2 is 2.25 bits per heavy atom. The van der Waals surface area contributed by atoms with Crippen LogP contribution in [0.1, 0.15) is 38.2 Å². The molecule has 1 aromatic carbocycles. The lowest BCUT2D eigenvalue weighted by Gasteiger charge is -2.24. The normalized spacial score (nSPS) is 15.9. The first-order valence-corrected chi connectivity index (χ1v) is 7.41. The third kappa shape index (κ3) is 3.97. The van der Waals surface area contributed by atoms with Gasteiger partial charge in [0, 0.05) is 19.0 Å². The predicted octanol–water partition coefficient (Wildman–Crippen LogP) is 2.26. The number of carbonyl (C=O) groups excluding carboxylic acids is 1. The van der Waals surface area contributed by atoms with Gasteiger partial charge in [0.1, 0.15) is 5.75 Å². The molecule has 20 heavy (non-hydrogen) atoms. The van der Waals surface area contributed by atoms with Gasteiger partial charge in [-0.3, -0.25) is 4.79 Å². The second-order valence-electron chi connectivity index (χ2n) is 5.64. The van der Waals surface area contributed by atoms with E-state index in [0.29, 0.717) is 25.6 Å². The van der Waals surface area contributed by atoms with Crippen molar-refractivity contribution < 1.29 is 9.90 Å². The minimum atomic E-state index is 0.188. The third-order valence-corrected chi connectivity index (χ3v) is 3.95. The van der Waals surface area contributed by atoms with E-state index in [2.05, 4.69) is 6.92 Å². The summed E-state index contributed by atoms with van der Waals surface area (Å²) in [6.07, 6.45) is 3.64. The molecule has 2 rings (SSSR count). The highest BCUT2D eigenvalue weighted by molar-refractivity contribution is 5.77. The summed E-state index contributed by atoms with van der Waals surface area (Å²) in [5.41, 5.74) is 6.67. The van der Waals surface area contributed by atoms with E-state index in [4.69, 9.17) is 5.73 Å². The van der Waals surface area contributed by atoms with Crippen LogP contribution in [0.15, 0.2) is 24.3 Å². The molecule has 1 atom stereocenters. The maximum absolute atomic E-state index is 12.5. The summed E-state index contributed by atoms with van der Waals surface area (Å²) >= 11 is 0. The number of nitrogens with two attached hydrogens (primary N) is 1. The molecule has 1 saturated carbocycles. The first-order chi connectivity index (χ1) is 9.63. The van der Waals surface area contributed by atoms with Crippen LogP contribution in [0.2, 0.25) is 0 Å². The fourth-order valence-corrected chi connectivity index (χ4v) is 2.42. The van der Waals surface area contributed by atoms with E-state index in [0.717, 1.165) is 24.8 Å². The van der Waals surface area contributed by atoms with Crippen LogP contribution in [0.5, 0.6) is 5.75 Å². The number of nitrogens with zero attached hydrogens (tertiary/aromatic N) is 1. The number of rotatable bonds is 7. The second kappa shape index (κ2) is 6.75. The van der Waals surface area contributed by atoms with Crippen LogP contribution in [0.4, 0.5) is 0 Å². The monoisotopic (exact) mass is 276 g/mol. The maximum Gasteiger partial charge on any atom is 0.223 e. The van der Waals surface area contributed by atoms with E-state index in [1.165, 1.54) is 0 Å². The Morgan fingerprint density at radius 3 is 2.80 bits per heavy atom. The van der Waals surface area contributed by atoms with Crippen molar-refractivity contribution in [3.05, 3.63) is 29.8 Å². The molecule has 1 amide bonds. The Bertz CT molecular complexity index is 454. The molecule has 1 aromatic rings. The zero-order valence-corrected chi connectivity index (χ0v) is 12.1. The van der Waals surface area contributed by atoms with E-state index in [1.54, 1.807) is 12.1 Å². The lowest BCUT2D eigenvalue weighted by atomic mass is 10.0. The molecule has 1 aliphatic rings. The van der Waals surface area contributed by atoms with Crippen LogP contribution >= 0.6 is 0 Å². The Kier molecular flexibility index (Phi) is 5.01. The molecule has 1 unspecified atom stereocenters. The number of phenolic OH excluding ortho intramolecular Hbond substituents is 1. The van der Waals surface area contributed by atoms with E-state index in [-0.39, 0.29) is 17.6 Å². The molecular weight excluding hydrogens is 252 g/mol. The van der Waals surface area contributed by atoms with Crippen molar-refractivity contribution in [3.8, 4) is 5.75 Å². The van der Waals surface area contributed by atoms with Crippen LogP contribution in [0.3, 0.4) is 0 Å². The van der Waals surface area contributed by atoms with Gasteiger partial charge in [-0.05, 0) is 43.0 Å². The first kappa shape index (κ1) is 14.9. The number of hydrogen-bond donors (Lipinski definition) is 2. The number of hydrogen-bond acceptors (Lipinski definition) is 3. The fraction of sp³-hybridized carbons (Fsp3) is 0.562. The Hall–Kier alpha value is -1.55. The number of aromatic hydroxyl groups is 1. The van der Waals surface area contributed by atoms with Gasteiger partial charge in [-0.25, -0.2) is 0 Å². The largest absolute Gasteiger partial charge is 0.508 e. The summed E-state index contributed by atoms with van der Waals surface area (Å²) in [7, 11) is 0. The molecule has 0 aliphatic heterocycles. The van der Waals surface area contributed by atoms with Crippen molar-refractivity contribution in [1.82, 2.24) is 4.90 Å². The summed E-state index contributed by atoms with van der Waals surface area (Å²) in [6, 6.07) is 7.51. The number of phenols is 1. The zero-order chi connectivity index (χ0) is 14.5. The zero-order valence-electron chi connectivity index (χ0n) is 12.1. The summed E-state index contributed by atoms with van der Waals surface area (Å²) in [6.45, 7) is 3.22. The highest BCUT2D eigenvalue weighted by Gasteiger charge is 2.33. The lowest BCUT2D eigenvalue weighted by molar-refractivity contribution is -0.133. The molecule has 4 nitrogen and oxygen atoms in total. The molecule has 0 spiro atoms. The topological polar surface area (TPSA) is 66.6 Å². The smallest absolute Gasteiger partial charge is 0.223 e. The first-order valence-electron chi connectivity index (χ1n) is 7.41. The molecule has 1 aliphatic carbocycles. The number of carbonyl (C=O) groups is 1. The minimum Gasteiger partial charge on any atom is -0.508 e. The summed E-state index contributed by atoms with van der Waals surface area (Å²) in [5, 5.41) is 9.52. The Morgan fingerprint density at radius 1 is 1.50 bits per heavy atom. The van der Waals surface area contributed by atoms with Crippen molar-refractivity contribution in [1.29, 1.82) is 0 Å². The minimum absolute atomic E-state index is 0.188. The van der Waals surface area contributed by atoms with Crippen LogP contribution in [-0.4, -0.2) is 28.5 Å². The molecular formula is C16H24N2O2. The molecule has 1 fully saturated rings. The van der Waals surface area contributed by atoms with Gasteiger partial charge in [0.25, 0.3) is 0 Å². The Balaban J connectivity index is 2.01. The highest BCUT2D eigenvalue weighted by Crippen LogP contribution is 2.30. The van der Waals surface area contributed by atoms with Gasteiger partial charge in [-0.15, -0.1) is 0 Å². The van der Waals surface area contributed by atoms with Crippen LogP contribution < -0.4 is 5.73 Å². The quantitative estimate of drug-likeness (QED) is 0.802. The summed E-state index contributed by atoms with van der Waals surface area (Å²) < 4.78 is 0. The third-order valence-electron chi connectivity index (χ3n) is 3.95. The molecule has 0 aromatic heterocycles. The predicted molar refractivity (Wildman–Crippen MR) is 79.1 cm³/mol. The summed E-state index contributed by atoms with van der Waals surface area (Å²) in [5.74, 6) is 0.708. The van der Waals surface area contributed by atoms with Crippen LogP contribution in [0.25, 0.3) is 0 Å². The molecule has 0 heterocycles. The molecule has 110 valence electrons. The van der Waals surface area contributed by atoms with Gasteiger partial charge in [-0.2, -0.15) is 0 Å². The van der Waals surface area contributed by atoms with Gasteiger partial charge in [0.05, 0.1) is 0 Å². The van der Waals surface area contributed by atoms with Crippen molar-refractivity contribution >= 4 is 5.91 Å². The molecule has 0 saturated heterocycles. The van der Waals surface area contributed by atoms with Gasteiger partial charge < -0.3 is 15.7 Å². The van der Waals surface area contributed by atoms with Gasteiger partial charge in [-0.1, -0.05) is 25.5 Å². The SMILES string of the molecule is CCC(CN)CC(=O)N(Cc1cccc(O)c1)C1CC1. The van der Waals surface area contributed by atoms with E-state index in [1.807, 2.05) is 17.0 Å². The number of benzene rings is 1. The summed E-state index contributed by atoms with van der Waals surface area (Å²) in [4.78, 5) is 14.4. The van der Waals surface area contributed by atoms with Crippen molar-refractivity contribution in [3.63, 3.8) is 0 Å². The van der Waals surface area contributed by atoms with Crippen LogP contribution in [0, 0.1) is 5.92 Å². The molecule has 0 radical (unpaired) electrons. The van der Waals surface area contributed by atoms with Crippen molar-refractivity contribution in [2.45, 2.75) is 45.2 Å². The van der Waals surface area contributed by atoms with Gasteiger partial charge >= 0.3 is 0 Å². The standard InChI is InChI=1S/C16H24N2O2/c1-2-12(10-17)9-16(20)18(14-6-7-14)11-13-4-3-5-15(19)8-13/h3-5,8,12,14,19H,2,6-7,9-11,17H2,1H3. The van der Waals surface area contributed by atoms with Crippen LogP contribution in [-0.2, 0) is 11.3 Å². The van der Waals surface area contributed by atoms with Crippen molar-refractivity contribution in [2.24, 2.45) is 11.7 Å². The Labute approximate surface area is 120 Å². The van der Waals surface area contributed by atoms with Crippen molar-refractivity contribution in [2.75, 3.05) is 6.54 Å². The average Bonchev–Trinajstić information content (AvgIpc) is 3.26. The van der Waals surface area contributed by atoms with Gasteiger partial charge in [0.15, 0.2) is 0 Å². The fourth-order valence-electron chi connectivity index (χ4n) is 2.42. The average molecular weight is 276 g/mol. The molecule has 0 bridgehead atoms. The molecule has 3 N–H and O–H groups in total. The van der Waals surface area contributed by atoms with E-state index < -0.39 is 0 Å². The van der Waals surface area contributed by atoms with Gasteiger partial charge in [0.2, 0.25) is 5.91 Å². The lowest BCUT2D eigenvalue weighted by Crippen LogP contribution is -2.34. The molecule has 4 heteroatoms. The van der Waals surface area contributed by atoms with E-state index in [9.17, 15) is 9.90 Å². The maximum atomic E-state index is 12.5. The number of amides is 1. The highest BCUT2D eigenvalue weighted by atomic mass is 16.3. The van der Waals surface area contributed by atoms with E-state index >= 15 is 0 Å².